The van der Waals surface area contributed by atoms with Gasteiger partial charge in [0.25, 0.3) is 5.91 Å². The molecule has 0 aliphatic heterocycles. The van der Waals surface area contributed by atoms with Gasteiger partial charge in [0.1, 0.15) is 5.75 Å². The minimum Gasteiger partial charge on any atom is -0.483 e. The van der Waals surface area contributed by atoms with Crippen molar-refractivity contribution in [3.05, 3.63) is 59.7 Å². The van der Waals surface area contributed by atoms with E-state index in [9.17, 15) is 14.4 Å². The van der Waals surface area contributed by atoms with E-state index in [0.29, 0.717) is 35.5 Å². The molecule has 0 bridgehead atoms. The Morgan fingerprint density at radius 2 is 1.92 bits per heavy atom. The van der Waals surface area contributed by atoms with Crippen LogP contribution in [0.2, 0.25) is 0 Å². The van der Waals surface area contributed by atoms with E-state index in [1.165, 1.54) is 6.07 Å². The van der Waals surface area contributed by atoms with Crippen molar-refractivity contribution >= 4 is 23.9 Å². The van der Waals surface area contributed by atoms with Crippen LogP contribution in [0.5, 0.6) is 5.75 Å². The average molecular weight is 341 g/mol. The molecule has 0 unspecified atom stereocenters. The molecule has 0 saturated carbocycles. The molecule has 0 spiro atoms. The van der Waals surface area contributed by atoms with Gasteiger partial charge in [0.05, 0.1) is 17.7 Å². The zero-order valence-corrected chi connectivity index (χ0v) is 13.9. The summed E-state index contributed by atoms with van der Waals surface area (Å²) in [4.78, 5) is 34.7. The summed E-state index contributed by atoms with van der Waals surface area (Å²) in [6.45, 7) is 2.00. The third-order valence-corrected chi connectivity index (χ3v) is 3.22. The Morgan fingerprint density at radius 3 is 2.68 bits per heavy atom. The maximum absolute atomic E-state index is 12.0. The Balaban J connectivity index is 1.94. The Morgan fingerprint density at radius 1 is 1.12 bits per heavy atom. The van der Waals surface area contributed by atoms with Crippen LogP contribution in [0.3, 0.4) is 0 Å². The fourth-order valence-corrected chi connectivity index (χ4v) is 2.05. The highest BCUT2D eigenvalue weighted by Crippen LogP contribution is 2.16. The van der Waals surface area contributed by atoms with Crippen LogP contribution in [-0.4, -0.2) is 31.4 Å². The van der Waals surface area contributed by atoms with Gasteiger partial charge >= 0.3 is 5.97 Å². The topological polar surface area (TPSA) is 81.7 Å². The van der Waals surface area contributed by atoms with Crippen molar-refractivity contribution in [1.29, 1.82) is 0 Å². The lowest BCUT2D eigenvalue weighted by Gasteiger charge is -2.10. The number of ether oxygens (including phenoxy) is 2. The third kappa shape index (κ3) is 5.46. The van der Waals surface area contributed by atoms with Crippen LogP contribution in [0, 0.1) is 0 Å². The summed E-state index contributed by atoms with van der Waals surface area (Å²) in [6.07, 6.45) is 1.40. The number of nitrogens with one attached hydrogen (secondary N) is 1. The molecule has 0 aliphatic rings. The lowest BCUT2D eigenvalue weighted by molar-refractivity contribution is -0.118. The summed E-state index contributed by atoms with van der Waals surface area (Å²) in [5.74, 6) is -0.501. The van der Waals surface area contributed by atoms with Crippen molar-refractivity contribution < 1.29 is 23.9 Å². The minimum absolute atomic E-state index is 0.255. The third-order valence-electron chi connectivity index (χ3n) is 3.22. The molecule has 0 fully saturated rings. The molecule has 25 heavy (non-hydrogen) atoms. The number of aldehydes is 1. The number of benzene rings is 2. The number of rotatable bonds is 8. The monoisotopic (exact) mass is 341 g/mol. The van der Waals surface area contributed by atoms with Crippen LogP contribution in [0.4, 0.5) is 5.69 Å². The Labute approximate surface area is 145 Å². The van der Waals surface area contributed by atoms with Crippen LogP contribution >= 0.6 is 0 Å². The molecule has 6 heteroatoms. The largest absolute Gasteiger partial charge is 0.483 e. The van der Waals surface area contributed by atoms with Gasteiger partial charge in [-0.3, -0.25) is 9.59 Å². The molecule has 2 aromatic carbocycles. The Bertz CT molecular complexity index is 757. The molecule has 1 amide bonds. The molecule has 0 heterocycles. The number of anilines is 1. The molecule has 0 atom stereocenters. The summed E-state index contributed by atoms with van der Waals surface area (Å²) in [6, 6.07) is 13.1. The van der Waals surface area contributed by atoms with Crippen molar-refractivity contribution in [2.45, 2.75) is 13.3 Å². The SMILES string of the molecule is CCCOC(=O)c1cccc(NC(=O)COc2ccccc2C=O)c1. The molecule has 0 radical (unpaired) electrons. The zero-order chi connectivity index (χ0) is 18.1. The second-order valence-electron chi connectivity index (χ2n) is 5.21. The first kappa shape index (κ1) is 18.2. The first-order chi connectivity index (χ1) is 12.1. The summed E-state index contributed by atoms with van der Waals surface area (Å²) in [5, 5.41) is 2.64. The molecule has 130 valence electrons. The van der Waals surface area contributed by atoms with E-state index >= 15 is 0 Å². The fourth-order valence-electron chi connectivity index (χ4n) is 2.05. The molecule has 0 aromatic heterocycles. The molecule has 0 aliphatic carbocycles. The summed E-state index contributed by atoms with van der Waals surface area (Å²) in [7, 11) is 0. The quantitative estimate of drug-likeness (QED) is 0.589. The predicted octanol–water partition coefficient (Wildman–Crippen LogP) is 3.08. The lowest BCUT2D eigenvalue weighted by atomic mass is 10.2. The van der Waals surface area contributed by atoms with Gasteiger partial charge < -0.3 is 14.8 Å². The molecule has 0 saturated heterocycles. The molecular formula is C19H19NO5. The van der Waals surface area contributed by atoms with Gasteiger partial charge in [0.15, 0.2) is 12.9 Å². The molecule has 6 nitrogen and oxygen atoms in total. The van der Waals surface area contributed by atoms with Crippen LogP contribution in [-0.2, 0) is 9.53 Å². The van der Waals surface area contributed by atoms with Gasteiger partial charge in [0, 0.05) is 5.69 Å². The number of hydrogen-bond donors (Lipinski definition) is 1. The maximum atomic E-state index is 12.0. The van der Waals surface area contributed by atoms with Crippen molar-refractivity contribution in [2.75, 3.05) is 18.5 Å². The lowest BCUT2D eigenvalue weighted by Crippen LogP contribution is -2.20. The number of amides is 1. The van der Waals surface area contributed by atoms with E-state index in [2.05, 4.69) is 5.32 Å². The standard InChI is InChI=1S/C19H19NO5/c1-2-10-24-19(23)14-7-5-8-16(11-14)20-18(22)13-25-17-9-4-3-6-15(17)12-21/h3-9,11-12H,2,10,13H2,1H3,(H,20,22). The smallest absolute Gasteiger partial charge is 0.338 e. The summed E-state index contributed by atoms with van der Waals surface area (Å²) in [5.41, 5.74) is 1.19. The van der Waals surface area contributed by atoms with E-state index in [4.69, 9.17) is 9.47 Å². The van der Waals surface area contributed by atoms with Crippen molar-refractivity contribution in [3.8, 4) is 5.75 Å². The Kier molecular flexibility index (Phi) is 6.71. The number of hydrogen-bond acceptors (Lipinski definition) is 5. The zero-order valence-electron chi connectivity index (χ0n) is 13.9. The van der Waals surface area contributed by atoms with Gasteiger partial charge in [-0.05, 0) is 36.8 Å². The molecule has 1 N–H and O–H groups in total. The maximum Gasteiger partial charge on any atom is 0.338 e. The highest BCUT2D eigenvalue weighted by atomic mass is 16.5. The van der Waals surface area contributed by atoms with E-state index in [1.807, 2.05) is 6.92 Å². The van der Waals surface area contributed by atoms with E-state index in [1.54, 1.807) is 42.5 Å². The number of carbonyl (C=O) groups excluding carboxylic acids is 3. The number of esters is 1. The van der Waals surface area contributed by atoms with Gasteiger partial charge in [0.2, 0.25) is 0 Å². The van der Waals surface area contributed by atoms with Crippen LogP contribution in [0.1, 0.15) is 34.1 Å². The van der Waals surface area contributed by atoms with Crippen LogP contribution < -0.4 is 10.1 Å². The second-order valence-corrected chi connectivity index (χ2v) is 5.21. The molecular weight excluding hydrogens is 322 g/mol. The first-order valence-electron chi connectivity index (χ1n) is 7.88. The molecule has 2 aromatic rings. The highest BCUT2D eigenvalue weighted by Gasteiger charge is 2.10. The van der Waals surface area contributed by atoms with Gasteiger partial charge in [-0.2, -0.15) is 0 Å². The van der Waals surface area contributed by atoms with E-state index in [-0.39, 0.29) is 6.61 Å². The van der Waals surface area contributed by atoms with Crippen LogP contribution in [0.15, 0.2) is 48.5 Å². The van der Waals surface area contributed by atoms with E-state index in [0.717, 1.165) is 6.42 Å². The van der Waals surface area contributed by atoms with Crippen molar-refractivity contribution in [2.24, 2.45) is 0 Å². The summed E-state index contributed by atoms with van der Waals surface area (Å²) >= 11 is 0. The average Bonchev–Trinajstić information content (AvgIpc) is 2.64. The normalized spacial score (nSPS) is 9.96. The number of para-hydroxylation sites is 1. The van der Waals surface area contributed by atoms with Gasteiger partial charge in [-0.15, -0.1) is 0 Å². The van der Waals surface area contributed by atoms with Crippen molar-refractivity contribution in [3.63, 3.8) is 0 Å². The predicted molar refractivity (Wildman–Crippen MR) is 93.0 cm³/mol. The second kappa shape index (κ2) is 9.22. The van der Waals surface area contributed by atoms with Crippen LogP contribution in [0.25, 0.3) is 0 Å². The fraction of sp³-hybridized carbons (Fsp3) is 0.211. The van der Waals surface area contributed by atoms with Gasteiger partial charge in [-0.1, -0.05) is 25.1 Å². The number of carbonyl (C=O) groups is 3. The van der Waals surface area contributed by atoms with Crippen molar-refractivity contribution in [1.82, 2.24) is 0 Å². The van der Waals surface area contributed by atoms with E-state index < -0.39 is 11.9 Å². The first-order valence-corrected chi connectivity index (χ1v) is 7.88. The summed E-state index contributed by atoms with van der Waals surface area (Å²) < 4.78 is 10.4. The Hall–Kier alpha value is -3.15. The minimum atomic E-state index is -0.436. The molecule has 2 rings (SSSR count). The highest BCUT2D eigenvalue weighted by molar-refractivity contribution is 5.95. The van der Waals surface area contributed by atoms with Gasteiger partial charge in [-0.25, -0.2) is 4.79 Å².